The molecule has 7 atom stereocenters. The Hall–Kier alpha value is -2.44. The Morgan fingerprint density at radius 2 is 2.00 bits per heavy atom. The Morgan fingerprint density at radius 3 is 2.75 bits per heavy atom. The fourth-order valence-electron chi connectivity index (χ4n) is 7.99. The SMILES string of the molecule is CN1C(=O)C(F)=C[C@]2(C)[C@H]3CC[C@]4(C)[C@@H](C(=O)Nc5ncccc5N)CC[C@H]4[C@@H]3CC[C@@H]12. The van der Waals surface area contributed by atoms with E-state index in [4.69, 9.17) is 5.73 Å². The molecule has 5 rings (SSSR count). The average molecular weight is 441 g/mol. The molecule has 0 radical (unpaired) electrons. The number of amides is 2. The van der Waals surface area contributed by atoms with E-state index in [1.54, 1.807) is 36.4 Å². The van der Waals surface area contributed by atoms with Crippen molar-refractivity contribution >= 4 is 23.3 Å². The molecule has 172 valence electrons. The number of fused-ring (bicyclic) bond motifs is 5. The molecule has 3 N–H and O–H groups in total. The number of halogens is 1. The average Bonchev–Trinajstić information content (AvgIpc) is 3.11. The van der Waals surface area contributed by atoms with Gasteiger partial charge in [0, 0.05) is 30.6 Å². The van der Waals surface area contributed by atoms with Gasteiger partial charge in [0.15, 0.2) is 11.6 Å². The monoisotopic (exact) mass is 440 g/mol. The summed E-state index contributed by atoms with van der Waals surface area (Å²) in [7, 11) is 1.74. The minimum absolute atomic E-state index is 0.00712. The Kier molecular flexibility index (Phi) is 4.88. The maximum absolute atomic E-state index is 14.6. The third kappa shape index (κ3) is 2.92. The summed E-state index contributed by atoms with van der Waals surface area (Å²) in [6.45, 7) is 4.41. The van der Waals surface area contributed by atoms with Gasteiger partial charge in [-0.2, -0.15) is 0 Å². The molecule has 1 aromatic heterocycles. The van der Waals surface area contributed by atoms with Crippen LogP contribution in [0.2, 0.25) is 0 Å². The van der Waals surface area contributed by atoms with E-state index in [9.17, 15) is 14.0 Å². The van der Waals surface area contributed by atoms with Crippen molar-refractivity contribution in [3.8, 4) is 0 Å². The van der Waals surface area contributed by atoms with Gasteiger partial charge in [-0.05, 0) is 79.9 Å². The Morgan fingerprint density at radius 1 is 1.22 bits per heavy atom. The summed E-state index contributed by atoms with van der Waals surface area (Å²) in [5.74, 6) is 0.454. The maximum atomic E-state index is 14.6. The molecule has 2 heterocycles. The number of hydrogen-bond acceptors (Lipinski definition) is 4. The summed E-state index contributed by atoms with van der Waals surface area (Å²) in [6, 6.07) is 3.54. The number of likely N-dealkylation sites (N-methyl/N-ethyl adjacent to an activating group) is 1. The molecule has 1 aromatic rings. The van der Waals surface area contributed by atoms with Crippen molar-refractivity contribution in [2.45, 2.75) is 58.4 Å². The van der Waals surface area contributed by atoms with Gasteiger partial charge in [-0.15, -0.1) is 0 Å². The number of rotatable bonds is 2. The van der Waals surface area contributed by atoms with Gasteiger partial charge in [-0.25, -0.2) is 9.37 Å². The van der Waals surface area contributed by atoms with Gasteiger partial charge in [0.05, 0.1) is 5.69 Å². The normalized spacial score (nSPS) is 40.8. The molecule has 0 spiro atoms. The highest BCUT2D eigenvalue weighted by molar-refractivity contribution is 5.95. The predicted molar refractivity (Wildman–Crippen MR) is 121 cm³/mol. The summed E-state index contributed by atoms with van der Waals surface area (Å²) in [5.41, 5.74) is 6.03. The molecule has 32 heavy (non-hydrogen) atoms. The summed E-state index contributed by atoms with van der Waals surface area (Å²) in [6.07, 6.45) is 8.92. The Labute approximate surface area is 188 Å². The van der Waals surface area contributed by atoms with Crippen LogP contribution in [0.3, 0.4) is 0 Å². The van der Waals surface area contributed by atoms with Crippen LogP contribution in [0.15, 0.2) is 30.2 Å². The largest absolute Gasteiger partial charge is 0.396 e. The van der Waals surface area contributed by atoms with Crippen molar-refractivity contribution in [1.29, 1.82) is 0 Å². The van der Waals surface area contributed by atoms with E-state index >= 15 is 0 Å². The quantitative estimate of drug-likeness (QED) is 0.723. The van der Waals surface area contributed by atoms with E-state index < -0.39 is 11.7 Å². The number of carbonyl (C=O) groups excluding carboxylic acids is 2. The molecule has 7 heteroatoms. The van der Waals surface area contributed by atoms with Crippen molar-refractivity contribution in [3.05, 3.63) is 30.2 Å². The first-order chi connectivity index (χ1) is 15.2. The third-order valence-electron chi connectivity index (χ3n) is 9.55. The van der Waals surface area contributed by atoms with E-state index in [-0.39, 0.29) is 28.7 Å². The van der Waals surface area contributed by atoms with Crippen molar-refractivity contribution in [2.24, 2.45) is 34.5 Å². The first kappa shape index (κ1) is 21.4. The molecule has 0 saturated heterocycles. The second kappa shape index (κ2) is 7.29. The van der Waals surface area contributed by atoms with E-state index in [0.29, 0.717) is 29.3 Å². The predicted octanol–water partition coefficient (Wildman–Crippen LogP) is 4.16. The number of nitrogens with one attached hydrogen (secondary N) is 1. The van der Waals surface area contributed by atoms with E-state index in [0.717, 1.165) is 38.5 Å². The number of nitrogen functional groups attached to an aromatic ring is 1. The highest BCUT2D eigenvalue weighted by atomic mass is 19.1. The minimum Gasteiger partial charge on any atom is -0.396 e. The van der Waals surface area contributed by atoms with Crippen molar-refractivity contribution in [1.82, 2.24) is 9.88 Å². The van der Waals surface area contributed by atoms with Crippen molar-refractivity contribution < 1.29 is 14.0 Å². The lowest BCUT2D eigenvalue weighted by molar-refractivity contribution is -0.144. The Bertz CT molecular complexity index is 996. The molecule has 2 amide bonds. The number of carbonyl (C=O) groups is 2. The zero-order valence-corrected chi connectivity index (χ0v) is 19.1. The van der Waals surface area contributed by atoms with Crippen LogP contribution < -0.4 is 11.1 Å². The van der Waals surface area contributed by atoms with Crippen molar-refractivity contribution in [2.75, 3.05) is 18.1 Å². The van der Waals surface area contributed by atoms with Crippen LogP contribution in [0.4, 0.5) is 15.9 Å². The van der Waals surface area contributed by atoms with Crippen LogP contribution in [0, 0.1) is 34.5 Å². The molecule has 3 aliphatic carbocycles. The third-order valence-corrected chi connectivity index (χ3v) is 9.55. The molecule has 0 bridgehead atoms. The van der Waals surface area contributed by atoms with Crippen LogP contribution in [0.25, 0.3) is 0 Å². The molecule has 6 nitrogen and oxygen atoms in total. The zero-order chi connectivity index (χ0) is 22.8. The molecule has 0 aromatic carbocycles. The standard InChI is InChI=1S/C25H33FN4O2/c1-24-11-10-16-14(6-9-20-25(16,2)13-18(26)23(32)30(20)3)15(24)7-8-17(24)22(31)29-21-19(27)5-4-12-28-21/h4-5,12-17,20H,6-11,27H2,1-3H3,(H,28,29,31)/t14-,15-,16-,17+,20+,24-,25+/m0/s1. The van der Waals surface area contributed by atoms with Gasteiger partial charge >= 0.3 is 0 Å². The lowest BCUT2D eigenvalue weighted by atomic mass is 9.47. The van der Waals surface area contributed by atoms with Crippen LogP contribution in [0.1, 0.15) is 52.4 Å². The Balaban J connectivity index is 1.40. The molecule has 3 saturated carbocycles. The second-order valence-corrected chi connectivity index (χ2v) is 10.8. The molecular formula is C25H33FN4O2. The highest BCUT2D eigenvalue weighted by Gasteiger charge is 2.62. The van der Waals surface area contributed by atoms with Crippen molar-refractivity contribution in [3.63, 3.8) is 0 Å². The molecule has 3 fully saturated rings. The first-order valence-electron chi connectivity index (χ1n) is 11.8. The number of anilines is 2. The summed E-state index contributed by atoms with van der Waals surface area (Å²) in [4.78, 5) is 31.4. The minimum atomic E-state index is -0.614. The van der Waals surface area contributed by atoms with Gasteiger partial charge in [-0.1, -0.05) is 13.8 Å². The highest BCUT2D eigenvalue weighted by Crippen LogP contribution is 2.65. The maximum Gasteiger partial charge on any atom is 0.282 e. The number of nitrogens with zero attached hydrogens (tertiary/aromatic N) is 2. The van der Waals surface area contributed by atoms with Gasteiger partial charge in [0.1, 0.15) is 0 Å². The smallest absolute Gasteiger partial charge is 0.282 e. The van der Waals surface area contributed by atoms with Gasteiger partial charge in [0.25, 0.3) is 5.91 Å². The van der Waals surface area contributed by atoms with Gasteiger partial charge in [0.2, 0.25) is 5.91 Å². The van der Waals surface area contributed by atoms with E-state index in [1.165, 1.54) is 0 Å². The lowest BCUT2D eigenvalue weighted by Crippen LogP contribution is -2.60. The fourth-order valence-corrected chi connectivity index (χ4v) is 7.99. The van der Waals surface area contributed by atoms with Crippen LogP contribution >= 0.6 is 0 Å². The number of aromatic nitrogens is 1. The van der Waals surface area contributed by atoms with Gasteiger partial charge in [-0.3, -0.25) is 9.59 Å². The second-order valence-electron chi connectivity index (χ2n) is 10.8. The molecule has 0 unspecified atom stereocenters. The van der Waals surface area contributed by atoms with E-state index in [1.807, 2.05) is 0 Å². The molecular weight excluding hydrogens is 407 g/mol. The lowest BCUT2D eigenvalue weighted by Gasteiger charge is -2.60. The van der Waals surface area contributed by atoms with E-state index in [2.05, 4.69) is 24.1 Å². The fraction of sp³-hybridized carbons (Fsp3) is 0.640. The van der Waals surface area contributed by atoms with Crippen LogP contribution in [-0.2, 0) is 9.59 Å². The summed E-state index contributed by atoms with van der Waals surface area (Å²) >= 11 is 0. The van der Waals surface area contributed by atoms with Crippen LogP contribution in [0.5, 0.6) is 0 Å². The topological polar surface area (TPSA) is 88.3 Å². The summed E-state index contributed by atoms with van der Waals surface area (Å²) < 4.78 is 14.6. The number of nitrogens with two attached hydrogens (primary N) is 1. The van der Waals surface area contributed by atoms with Crippen LogP contribution in [-0.4, -0.2) is 34.8 Å². The first-order valence-corrected chi connectivity index (χ1v) is 11.8. The molecule has 1 aliphatic heterocycles. The number of pyridine rings is 1. The zero-order valence-electron chi connectivity index (χ0n) is 19.1. The summed E-state index contributed by atoms with van der Waals surface area (Å²) in [5, 5.41) is 2.97. The number of hydrogen-bond donors (Lipinski definition) is 2. The molecule has 4 aliphatic rings. The van der Waals surface area contributed by atoms with Gasteiger partial charge < -0.3 is 16.0 Å².